The number of aliphatic hydroxyl groups is 1. The Bertz CT molecular complexity index is 400. The average molecular weight is 266 g/mol. The van der Waals surface area contributed by atoms with Crippen molar-refractivity contribution in [2.45, 2.75) is 0 Å². The third kappa shape index (κ3) is 3.19. The lowest BCUT2D eigenvalue weighted by atomic mass is 10.2. The van der Waals surface area contributed by atoms with Gasteiger partial charge in [0.25, 0.3) is 0 Å². The molecule has 1 heterocycles. The van der Waals surface area contributed by atoms with Gasteiger partial charge in [-0.15, -0.1) is 0 Å². The zero-order valence-corrected chi connectivity index (χ0v) is 11.1. The molecule has 1 aliphatic heterocycles. The lowest BCUT2D eigenvalue weighted by molar-refractivity contribution is 0.148. The van der Waals surface area contributed by atoms with Crippen LogP contribution in [-0.4, -0.2) is 64.3 Å². The van der Waals surface area contributed by atoms with Gasteiger partial charge in [0, 0.05) is 38.3 Å². The molecule has 0 aliphatic carbocycles. The van der Waals surface area contributed by atoms with Crippen LogP contribution in [0.4, 0.5) is 0 Å². The largest absolute Gasteiger partial charge is 0.508 e. The lowest BCUT2D eigenvalue weighted by Gasteiger charge is -2.35. The van der Waals surface area contributed by atoms with Crippen LogP contribution in [0, 0.1) is 0 Å². The summed E-state index contributed by atoms with van der Waals surface area (Å²) in [5.41, 5.74) is 0.971. The number of β-amino-alcohol motifs (C(OH)–C–C–N with tert-alkyl or cyclic N) is 1. The van der Waals surface area contributed by atoms with E-state index >= 15 is 0 Å². The highest BCUT2D eigenvalue weighted by atomic mass is 32.1. The van der Waals surface area contributed by atoms with E-state index in [2.05, 4.69) is 9.80 Å². The molecule has 18 heavy (non-hydrogen) atoms. The van der Waals surface area contributed by atoms with Crippen molar-refractivity contribution in [1.29, 1.82) is 0 Å². The van der Waals surface area contributed by atoms with Gasteiger partial charge in [-0.05, 0) is 24.3 Å². The molecule has 0 atom stereocenters. The Balaban J connectivity index is 1.93. The smallest absolute Gasteiger partial charge is 0.115 e. The van der Waals surface area contributed by atoms with Gasteiger partial charge in [-0.2, -0.15) is 0 Å². The maximum absolute atomic E-state index is 9.26. The number of piperazine rings is 1. The van der Waals surface area contributed by atoms with Crippen LogP contribution in [0.3, 0.4) is 0 Å². The Labute approximate surface area is 112 Å². The molecule has 0 saturated carbocycles. The summed E-state index contributed by atoms with van der Waals surface area (Å²) in [5, 5.41) is 18.1. The number of phenolic OH excluding ortho intramolecular Hbond substituents is 1. The Morgan fingerprint density at radius 2 is 1.72 bits per heavy atom. The van der Waals surface area contributed by atoms with E-state index < -0.39 is 0 Å². The van der Waals surface area contributed by atoms with Crippen molar-refractivity contribution in [3.8, 4) is 5.75 Å². The van der Waals surface area contributed by atoms with Gasteiger partial charge in [0.2, 0.25) is 0 Å². The Kier molecular flexibility index (Phi) is 4.52. The van der Waals surface area contributed by atoms with Gasteiger partial charge in [0.1, 0.15) is 10.7 Å². The maximum atomic E-state index is 9.26. The summed E-state index contributed by atoms with van der Waals surface area (Å²) in [7, 11) is 0. The summed E-state index contributed by atoms with van der Waals surface area (Å²) in [6.45, 7) is 4.58. The second-order valence-electron chi connectivity index (χ2n) is 4.40. The average Bonchev–Trinajstić information content (AvgIpc) is 2.40. The van der Waals surface area contributed by atoms with Gasteiger partial charge in [-0.1, -0.05) is 12.2 Å². The van der Waals surface area contributed by atoms with Crippen LogP contribution in [-0.2, 0) is 0 Å². The number of rotatable bonds is 3. The third-order valence-electron chi connectivity index (χ3n) is 3.19. The number of hydrogen-bond donors (Lipinski definition) is 2. The van der Waals surface area contributed by atoms with Gasteiger partial charge in [0.05, 0.1) is 6.61 Å². The SMILES string of the molecule is OCCN1CCN(C(=S)c2ccc(O)cc2)CC1. The second kappa shape index (κ2) is 6.13. The van der Waals surface area contributed by atoms with E-state index in [9.17, 15) is 5.11 Å². The molecule has 1 aromatic rings. The Morgan fingerprint density at radius 3 is 2.28 bits per heavy atom. The van der Waals surface area contributed by atoms with Crippen LogP contribution in [0.15, 0.2) is 24.3 Å². The highest BCUT2D eigenvalue weighted by Crippen LogP contribution is 2.14. The highest BCUT2D eigenvalue weighted by Gasteiger charge is 2.19. The summed E-state index contributed by atoms with van der Waals surface area (Å²) in [4.78, 5) is 5.24. The minimum absolute atomic E-state index is 0.211. The van der Waals surface area contributed by atoms with E-state index in [0.29, 0.717) is 0 Å². The molecular formula is C13H18N2O2S. The lowest BCUT2D eigenvalue weighted by Crippen LogP contribution is -2.49. The Hall–Kier alpha value is -1.17. The van der Waals surface area contributed by atoms with Gasteiger partial charge in [-0.3, -0.25) is 4.90 Å². The standard InChI is InChI=1S/C13H18N2O2S/c16-10-9-14-5-7-15(8-6-14)13(18)11-1-3-12(17)4-2-11/h1-4,16-17H,5-10H2. The van der Waals surface area contributed by atoms with Crippen LogP contribution in [0.2, 0.25) is 0 Å². The fourth-order valence-corrected chi connectivity index (χ4v) is 2.42. The molecule has 2 N–H and O–H groups in total. The molecule has 4 nitrogen and oxygen atoms in total. The summed E-state index contributed by atoms with van der Waals surface area (Å²) >= 11 is 5.46. The van der Waals surface area contributed by atoms with Crippen LogP contribution in [0.1, 0.15) is 5.56 Å². The van der Waals surface area contributed by atoms with Crippen LogP contribution in [0.25, 0.3) is 0 Å². The number of hydrogen-bond acceptors (Lipinski definition) is 4. The number of nitrogens with zero attached hydrogens (tertiary/aromatic N) is 2. The van der Waals surface area contributed by atoms with Crippen LogP contribution < -0.4 is 0 Å². The number of thiocarbonyl (C=S) groups is 1. The first-order chi connectivity index (χ1) is 8.70. The summed E-state index contributed by atoms with van der Waals surface area (Å²) in [6.07, 6.45) is 0. The second-order valence-corrected chi connectivity index (χ2v) is 4.79. The van der Waals surface area contributed by atoms with Crippen molar-refractivity contribution >= 4 is 17.2 Å². The molecule has 0 bridgehead atoms. The molecule has 98 valence electrons. The fourth-order valence-electron chi connectivity index (χ4n) is 2.10. The molecular weight excluding hydrogens is 248 g/mol. The highest BCUT2D eigenvalue weighted by molar-refractivity contribution is 7.80. The molecule has 0 aromatic heterocycles. The van der Waals surface area contributed by atoms with E-state index in [1.54, 1.807) is 12.1 Å². The molecule has 1 aromatic carbocycles. The number of phenols is 1. The maximum Gasteiger partial charge on any atom is 0.115 e. The third-order valence-corrected chi connectivity index (χ3v) is 3.68. The quantitative estimate of drug-likeness (QED) is 0.788. The normalized spacial score (nSPS) is 16.8. The van der Waals surface area contributed by atoms with E-state index in [1.807, 2.05) is 12.1 Å². The topological polar surface area (TPSA) is 46.9 Å². The summed E-state index contributed by atoms with van der Waals surface area (Å²) in [6, 6.07) is 7.00. The van der Waals surface area contributed by atoms with Gasteiger partial charge in [0.15, 0.2) is 0 Å². The number of benzene rings is 1. The monoisotopic (exact) mass is 266 g/mol. The summed E-state index contributed by atoms with van der Waals surface area (Å²) in [5.74, 6) is 0.259. The number of aromatic hydroxyl groups is 1. The first kappa shape index (κ1) is 13.3. The molecule has 0 spiro atoms. The molecule has 1 aliphatic rings. The molecule has 2 rings (SSSR count). The van der Waals surface area contributed by atoms with Crippen molar-refractivity contribution in [1.82, 2.24) is 9.80 Å². The van der Waals surface area contributed by atoms with Crippen molar-refractivity contribution in [3.05, 3.63) is 29.8 Å². The zero-order valence-electron chi connectivity index (χ0n) is 10.2. The first-order valence-corrected chi connectivity index (χ1v) is 6.53. The van der Waals surface area contributed by atoms with Crippen molar-refractivity contribution in [2.75, 3.05) is 39.3 Å². The summed E-state index contributed by atoms with van der Waals surface area (Å²) < 4.78 is 0. The first-order valence-electron chi connectivity index (χ1n) is 6.12. The number of aliphatic hydroxyl groups excluding tert-OH is 1. The van der Waals surface area contributed by atoms with Crippen molar-refractivity contribution in [2.24, 2.45) is 0 Å². The van der Waals surface area contributed by atoms with Gasteiger partial charge >= 0.3 is 0 Å². The van der Waals surface area contributed by atoms with Gasteiger partial charge < -0.3 is 15.1 Å². The minimum Gasteiger partial charge on any atom is -0.508 e. The van der Waals surface area contributed by atoms with Gasteiger partial charge in [-0.25, -0.2) is 0 Å². The Morgan fingerprint density at radius 1 is 1.11 bits per heavy atom. The molecule has 0 radical (unpaired) electrons. The fraction of sp³-hybridized carbons (Fsp3) is 0.462. The van der Waals surface area contributed by atoms with Crippen molar-refractivity contribution < 1.29 is 10.2 Å². The van der Waals surface area contributed by atoms with E-state index in [0.717, 1.165) is 43.3 Å². The molecule has 0 unspecified atom stereocenters. The van der Waals surface area contributed by atoms with E-state index in [-0.39, 0.29) is 12.4 Å². The van der Waals surface area contributed by atoms with Crippen LogP contribution in [0.5, 0.6) is 5.75 Å². The zero-order chi connectivity index (χ0) is 13.0. The van der Waals surface area contributed by atoms with Crippen LogP contribution >= 0.6 is 12.2 Å². The predicted molar refractivity (Wildman–Crippen MR) is 74.9 cm³/mol. The van der Waals surface area contributed by atoms with E-state index in [1.165, 1.54) is 0 Å². The molecule has 1 fully saturated rings. The molecule has 1 saturated heterocycles. The minimum atomic E-state index is 0.211. The van der Waals surface area contributed by atoms with Crippen molar-refractivity contribution in [3.63, 3.8) is 0 Å². The molecule has 5 heteroatoms. The predicted octanol–water partition coefficient (Wildman–Crippen LogP) is 0.678. The van der Waals surface area contributed by atoms with E-state index in [4.69, 9.17) is 17.3 Å². The molecule has 0 amide bonds.